The maximum atomic E-state index is 12.0. The summed E-state index contributed by atoms with van der Waals surface area (Å²) in [4.78, 5) is 25.7. The Morgan fingerprint density at radius 2 is 2.16 bits per heavy atom. The SMILES string of the molecule is Cc1ccc([C@H]2C[C@H]2C(=O)NCC(C)(C)C(N)=O)s1. The number of carbonyl (C=O) groups excluding carboxylic acids is 2. The monoisotopic (exact) mass is 280 g/mol. The zero-order valence-corrected chi connectivity index (χ0v) is 12.3. The number of nitrogens with two attached hydrogens (primary N) is 1. The summed E-state index contributed by atoms with van der Waals surface area (Å²) in [6.07, 6.45) is 0.906. The number of hydrogen-bond acceptors (Lipinski definition) is 3. The number of primary amides is 1. The number of carbonyl (C=O) groups is 2. The van der Waals surface area contributed by atoms with Crippen LogP contribution in [0.25, 0.3) is 0 Å². The second kappa shape index (κ2) is 4.96. The molecule has 4 nitrogen and oxygen atoms in total. The molecule has 1 aromatic rings. The molecule has 104 valence electrons. The Bertz CT molecular complexity index is 507. The van der Waals surface area contributed by atoms with Gasteiger partial charge in [-0.3, -0.25) is 9.59 Å². The standard InChI is InChI=1S/C14H20N2O2S/c1-8-4-5-11(19-8)9-6-10(9)12(17)16-7-14(2,3)13(15)18/h4-5,9-10H,6-7H2,1-3H3,(H2,15,18)(H,16,17)/t9-,10+/m0/s1. The summed E-state index contributed by atoms with van der Waals surface area (Å²) < 4.78 is 0. The molecular formula is C14H20N2O2S. The largest absolute Gasteiger partial charge is 0.369 e. The topological polar surface area (TPSA) is 72.2 Å². The van der Waals surface area contributed by atoms with E-state index >= 15 is 0 Å². The van der Waals surface area contributed by atoms with Crippen LogP contribution in [0.15, 0.2) is 12.1 Å². The molecule has 3 N–H and O–H groups in total. The van der Waals surface area contributed by atoms with E-state index in [0.29, 0.717) is 12.5 Å². The maximum Gasteiger partial charge on any atom is 0.224 e. The molecule has 0 unspecified atom stereocenters. The van der Waals surface area contributed by atoms with Crippen molar-refractivity contribution in [2.75, 3.05) is 6.54 Å². The van der Waals surface area contributed by atoms with Gasteiger partial charge in [0.1, 0.15) is 0 Å². The van der Waals surface area contributed by atoms with Gasteiger partial charge in [0.15, 0.2) is 0 Å². The van der Waals surface area contributed by atoms with Crippen molar-refractivity contribution in [1.82, 2.24) is 5.32 Å². The molecule has 5 heteroatoms. The van der Waals surface area contributed by atoms with Gasteiger partial charge in [-0.1, -0.05) is 0 Å². The second-order valence-electron chi connectivity index (χ2n) is 5.86. The highest BCUT2D eigenvalue weighted by atomic mass is 32.1. The van der Waals surface area contributed by atoms with E-state index in [1.165, 1.54) is 9.75 Å². The van der Waals surface area contributed by atoms with E-state index in [9.17, 15) is 9.59 Å². The van der Waals surface area contributed by atoms with Gasteiger partial charge in [0.05, 0.1) is 5.41 Å². The third kappa shape index (κ3) is 3.15. The lowest BCUT2D eigenvalue weighted by molar-refractivity contribution is -0.127. The molecule has 1 saturated carbocycles. The van der Waals surface area contributed by atoms with E-state index < -0.39 is 11.3 Å². The van der Waals surface area contributed by atoms with Crippen molar-refractivity contribution < 1.29 is 9.59 Å². The van der Waals surface area contributed by atoms with Crippen LogP contribution in [-0.4, -0.2) is 18.4 Å². The van der Waals surface area contributed by atoms with Gasteiger partial charge in [-0.25, -0.2) is 0 Å². The van der Waals surface area contributed by atoms with Crippen molar-refractivity contribution in [1.29, 1.82) is 0 Å². The predicted molar refractivity (Wildman–Crippen MR) is 75.9 cm³/mol. The summed E-state index contributed by atoms with van der Waals surface area (Å²) in [6.45, 7) is 5.85. The highest BCUT2D eigenvalue weighted by Crippen LogP contribution is 2.49. The highest BCUT2D eigenvalue weighted by molar-refractivity contribution is 7.12. The zero-order chi connectivity index (χ0) is 14.2. The maximum absolute atomic E-state index is 12.0. The van der Waals surface area contributed by atoms with Gasteiger partial charge in [0, 0.05) is 28.1 Å². The summed E-state index contributed by atoms with van der Waals surface area (Å²) in [5, 5.41) is 2.84. The molecule has 0 radical (unpaired) electrons. The quantitative estimate of drug-likeness (QED) is 0.863. The third-order valence-corrected chi connectivity index (χ3v) is 4.76. The van der Waals surface area contributed by atoms with Crippen molar-refractivity contribution in [2.24, 2.45) is 17.1 Å². The number of aryl methyl sites for hydroxylation is 1. The number of thiophene rings is 1. The van der Waals surface area contributed by atoms with Gasteiger partial charge >= 0.3 is 0 Å². The first-order chi connectivity index (χ1) is 8.81. The molecule has 0 aromatic carbocycles. The van der Waals surface area contributed by atoms with Gasteiger partial charge in [-0.2, -0.15) is 0 Å². The third-order valence-electron chi connectivity index (χ3n) is 3.63. The number of nitrogens with one attached hydrogen (secondary N) is 1. The number of hydrogen-bond donors (Lipinski definition) is 2. The molecule has 19 heavy (non-hydrogen) atoms. The van der Waals surface area contributed by atoms with Crippen LogP contribution in [-0.2, 0) is 9.59 Å². The van der Waals surface area contributed by atoms with Gasteiger partial charge in [0.2, 0.25) is 11.8 Å². The second-order valence-corrected chi connectivity index (χ2v) is 7.18. The van der Waals surface area contributed by atoms with Crippen LogP contribution in [0.3, 0.4) is 0 Å². The van der Waals surface area contributed by atoms with Crippen molar-refractivity contribution in [2.45, 2.75) is 33.1 Å². The minimum absolute atomic E-state index is 0.0328. The molecule has 2 rings (SSSR count). The van der Waals surface area contributed by atoms with Crippen LogP contribution < -0.4 is 11.1 Å². The average Bonchev–Trinajstić information content (AvgIpc) is 3.02. The summed E-state index contributed by atoms with van der Waals surface area (Å²) in [6, 6.07) is 4.19. The minimum atomic E-state index is -0.695. The first kappa shape index (κ1) is 14.1. The van der Waals surface area contributed by atoms with Gasteiger partial charge in [-0.15, -0.1) is 11.3 Å². The smallest absolute Gasteiger partial charge is 0.224 e. The molecule has 2 amide bonds. The molecule has 2 atom stereocenters. The number of rotatable bonds is 5. The van der Waals surface area contributed by atoms with E-state index in [1.807, 2.05) is 0 Å². The number of amides is 2. The predicted octanol–water partition coefficient (Wildman–Crippen LogP) is 1.79. The lowest BCUT2D eigenvalue weighted by atomic mass is 9.93. The summed E-state index contributed by atoms with van der Waals surface area (Å²) in [5.41, 5.74) is 4.59. The Kier molecular flexibility index (Phi) is 3.67. The summed E-state index contributed by atoms with van der Waals surface area (Å²) >= 11 is 1.75. The van der Waals surface area contributed by atoms with Gasteiger partial charge in [-0.05, 0) is 39.3 Å². The Hall–Kier alpha value is -1.36. The lowest BCUT2D eigenvalue weighted by Crippen LogP contribution is -2.42. The molecule has 0 saturated heterocycles. The highest BCUT2D eigenvalue weighted by Gasteiger charge is 2.45. The fourth-order valence-corrected chi connectivity index (χ4v) is 3.03. The van der Waals surface area contributed by atoms with E-state index in [2.05, 4.69) is 24.4 Å². The zero-order valence-electron chi connectivity index (χ0n) is 11.5. The van der Waals surface area contributed by atoms with Crippen molar-refractivity contribution in [3.8, 4) is 0 Å². The first-order valence-electron chi connectivity index (χ1n) is 6.45. The molecule has 0 spiro atoms. The van der Waals surface area contributed by atoms with Crippen LogP contribution in [0.1, 0.15) is 35.9 Å². The molecule has 1 aliphatic carbocycles. The molecule has 1 fully saturated rings. The Morgan fingerprint density at radius 3 is 2.68 bits per heavy atom. The normalized spacial score (nSPS) is 22.1. The fraction of sp³-hybridized carbons (Fsp3) is 0.571. The average molecular weight is 280 g/mol. The van der Waals surface area contributed by atoms with Crippen LogP contribution in [0.2, 0.25) is 0 Å². The Balaban J connectivity index is 1.85. The molecule has 1 aromatic heterocycles. The van der Waals surface area contributed by atoms with Crippen molar-refractivity contribution in [3.05, 3.63) is 21.9 Å². The lowest BCUT2D eigenvalue weighted by Gasteiger charge is -2.20. The first-order valence-corrected chi connectivity index (χ1v) is 7.27. The molecule has 1 aliphatic rings. The molecule has 1 heterocycles. The van der Waals surface area contributed by atoms with E-state index in [4.69, 9.17) is 5.73 Å². The fourth-order valence-electron chi connectivity index (χ4n) is 1.98. The van der Waals surface area contributed by atoms with Crippen molar-refractivity contribution >= 4 is 23.2 Å². The van der Waals surface area contributed by atoms with E-state index in [-0.39, 0.29) is 11.8 Å². The molecule has 0 bridgehead atoms. The van der Waals surface area contributed by atoms with Crippen LogP contribution >= 0.6 is 11.3 Å². The van der Waals surface area contributed by atoms with Crippen LogP contribution in [0, 0.1) is 18.3 Å². The van der Waals surface area contributed by atoms with E-state index in [0.717, 1.165) is 6.42 Å². The summed E-state index contributed by atoms with van der Waals surface area (Å²) in [7, 11) is 0. The van der Waals surface area contributed by atoms with Crippen LogP contribution in [0.5, 0.6) is 0 Å². The van der Waals surface area contributed by atoms with Gasteiger partial charge < -0.3 is 11.1 Å². The Labute approximate surface area is 117 Å². The van der Waals surface area contributed by atoms with Crippen LogP contribution in [0.4, 0.5) is 0 Å². The molecule has 0 aliphatic heterocycles. The van der Waals surface area contributed by atoms with Crippen molar-refractivity contribution in [3.63, 3.8) is 0 Å². The Morgan fingerprint density at radius 1 is 1.47 bits per heavy atom. The minimum Gasteiger partial charge on any atom is -0.369 e. The summed E-state index contributed by atoms with van der Waals surface area (Å²) in [5.74, 6) is 0.0523. The van der Waals surface area contributed by atoms with Gasteiger partial charge in [0.25, 0.3) is 0 Å². The molecular weight excluding hydrogens is 260 g/mol. The van der Waals surface area contributed by atoms with E-state index in [1.54, 1.807) is 25.2 Å².